The molecule has 5 rings (SSSR count). The van der Waals surface area contributed by atoms with E-state index in [0.29, 0.717) is 41.2 Å². The largest absolute Gasteiger partial charge is 0.485 e. The van der Waals surface area contributed by atoms with Crippen LogP contribution in [0, 0.1) is 0 Å². The number of thioether (sulfide) groups is 1. The number of hydrogen-bond acceptors (Lipinski definition) is 7. The van der Waals surface area contributed by atoms with Crippen LogP contribution in [0.25, 0.3) is 0 Å². The van der Waals surface area contributed by atoms with Gasteiger partial charge >= 0.3 is 0 Å². The van der Waals surface area contributed by atoms with Gasteiger partial charge in [-0.05, 0) is 42.8 Å². The number of Topliss-reactive ketones (excluding diaryl/α,β-unsaturated/α-hetero) is 1. The van der Waals surface area contributed by atoms with Crippen molar-refractivity contribution < 1.29 is 19.1 Å². The number of rotatable bonds is 7. The lowest BCUT2D eigenvalue weighted by Crippen LogP contribution is -2.25. The predicted octanol–water partition coefficient (Wildman–Crippen LogP) is 4.01. The second-order valence-corrected chi connectivity index (χ2v) is 8.77. The van der Waals surface area contributed by atoms with E-state index in [-0.39, 0.29) is 23.4 Å². The number of ether oxygens (including phenoxy) is 2. The Balaban J connectivity index is 1.32. The van der Waals surface area contributed by atoms with Gasteiger partial charge in [0.15, 0.2) is 34.4 Å². The van der Waals surface area contributed by atoms with Crippen molar-refractivity contribution >= 4 is 29.1 Å². The second kappa shape index (κ2) is 8.74. The van der Waals surface area contributed by atoms with Crippen LogP contribution in [0.1, 0.15) is 40.7 Å². The van der Waals surface area contributed by atoms with Crippen LogP contribution in [0.4, 0.5) is 5.69 Å². The van der Waals surface area contributed by atoms with Crippen molar-refractivity contribution in [3.05, 3.63) is 72.1 Å². The second-order valence-electron chi connectivity index (χ2n) is 7.83. The van der Waals surface area contributed by atoms with E-state index in [2.05, 4.69) is 22.1 Å². The summed E-state index contributed by atoms with van der Waals surface area (Å²) in [6.07, 6.45) is 1.34. The van der Waals surface area contributed by atoms with Crippen molar-refractivity contribution in [2.24, 2.45) is 0 Å². The number of carbonyl (C=O) groups is 2. The third kappa shape index (κ3) is 4.00. The molecule has 9 heteroatoms. The summed E-state index contributed by atoms with van der Waals surface area (Å²) < 4.78 is 13.8. The number of benzene rings is 2. The van der Waals surface area contributed by atoms with E-state index >= 15 is 0 Å². The number of aromatic nitrogens is 3. The molecule has 168 valence electrons. The Morgan fingerprint density at radius 3 is 2.91 bits per heavy atom. The van der Waals surface area contributed by atoms with Gasteiger partial charge in [0.1, 0.15) is 6.61 Å². The van der Waals surface area contributed by atoms with E-state index in [1.165, 1.54) is 11.8 Å². The minimum absolute atomic E-state index is 0.0461. The Morgan fingerprint density at radius 2 is 2.09 bits per heavy atom. The number of nitrogens with one attached hydrogen (secondary N) is 1. The summed E-state index contributed by atoms with van der Waals surface area (Å²) in [6, 6.07) is 12.8. The zero-order valence-corrected chi connectivity index (χ0v) is 18.8. The van der Waals surface area contributed by atoms with Crippen LogP contribution in [0.15, 0.2) is 60.3 Å². The van der Waals surface area contributed by atoms with Gasteiger partial charge < -0.3 is 14.8 Å². The minimum Gasteiger partial charge on any atom is -0.485 e. The minimum atomic E-state index is -0.416. The third-order valence-corrected chi connectivity index (χ3v) is 6.64. The van der Waals surface area contributed by atoms with E-state index in [1.54, 1.807) is 24.3 Å². The van der Waals surface area contributed by atoms with Crippen molar-refractivity contribution in [2.45, 2.75) is 30.6 Å². The van der Waals surface area contributed by atoms with Crippen LogP contribution in [0.2, 0.25) is 0 Å². The third-order valence-electron chi connectivity index (χ3n) is 5.68. The maximum Gasteiger partial charge on any atom is 0.231 e. The summed E-state index contributed by atoms with van der Waals surface area (Å²) >= 11 is 1.31. The Bertz CT molecular complexity index is 1260. The molecule has 2 atom stereocenters. The number of ketones is 1. The fourth-order valence-electron chi connectivity index (χ4n) is 3.90. The highest BCUT2D eigenvalue weighted by Crippen LogP contribution is 2.36. The standard InChI is InChI=1S/C24H22N4O4S/c1-3-10-28-22(21-12-31-19-6-4-5-7-20(19)32-21)26-27-24(28)33-13-18(29)15-8-9-17-16(11-15)14(2)23(30)25-17/h3-9,11,14,21H,1,10,12-13H2,2H3,(H,25,30)/t14-,21-/m0/s1. The van der Waals surface area contributed by atoms with Gasteiger partial charge in [0, 0.05) is 17.8 Å². The molecular weight excluding hydrogens is 440 g/mol. The fourth-order valence-corrected chi connectivity index (χ4v) is 4.75. The number of nitrogens with zero attached hydrogens (tertiary/aromatic N) is 3. The van der Waals surface area contributed by atoms with Crippen LogP contribution in [-0.2, 0) is 11.3 Å². The first-order chi connectivity index (χ1) is 16.0. The van der Waals surface area contributed by atoms with Crippen molar-refractivity contribution in [2.75, 3.05) is 17.7 Å². The molecule has 0 unspecified atom stereocenters. The molecule has 0 bridgehead atoms. The number of amides is 1. The molecule has 0 spiro atoms. The Kier molecular flexibility index (Phi) is 5.63. The lowest BCUT2D eigenvalue weighted by Gasteiger charge is -2.26. The van der Waals surface area contributed by atoms with Gasteiger partial charge in [-0.15, -0.1) is 16.8 Å². The van der Waals surface area contributed by atoms with E-state index in [9.17, 15) is 9.59 Å². The average molecular weight is 463 g/mol. The van der Waals surface area contributed by atoms with Crippen LogP contribution < -0.4 is 14.8 Å². The summed E-state index contributed by atoms with van der Waals surface area (Å²) in [5.74, 6) is 1.81. The fraction of sp³-hybridized carbons (Fsp3) is 0.250. The topological polar surface area (TPSA) is 95.3 Å². The van der Waals surface area contributed by atoms with Crippen molar-refractivity contribution in [3.63, 3.8) is 0 Å². The Labute approximate surface area is 195 Å². The van der Waals surface area contributed by atoms with Crippen LogP contribution in [0.5, 0.6) is 11.5 Å². The Hall–Kier alpha value is -3.59. The number of anilines is 1. The maximum atomic E-state index is 12.9. The molecule has 0 radical (unpaired) electrons. The summed E-state index contributed by atoms with van der Waals surface area (Å²) in [6.45, 7) is 6.45. The van der Waals surface area contributed by atoms with Crippen molar-refractivity contribution in [1.29, 1.82) is 0 Å². The number of carbonyl (C=O) groups excluding carboxylic acids is 2. The molecule has 3 heterocycles. The van der Waals surface area contributed by atoms with Gasteiger partial charge in [-0.3, -0.25) is 14.2 Å². The lowest BCUT2D eigenvalue weighted by atomic mass is 9.99. The van der Waals surface area contributed by atoms with Gasteiger partial charge in [-0.2, -0.15) is 0 Å². The first-order valence-electron chi connectivity index (χ1n) is 10.6. The highest BCUT2D eigenvalue weighted by atomic mass is 32.2. The molecule has 8 nitrogen and oxygen atoms in total. The normalized spacial score (nSPS) is 18.5. The zero-order chi connectivity index (χ0) is 22.9. The van der Waals surface area contributed by atoms with Gasteiger partial charge in [-0.1, -0.05) is 30.0 Å². The van der Waals surface area contributed by atoms with Gasteiger partial charge in [0.25, 0.3) is 0 Å². The van der Waals surface area contributed by atoms with Gasteiger partial charge in [0.2, 0.25) is 5.91 Å². The zero-order valence-electron chi connectivity index (χ0n) is 18.0. The van der Waals surface area contributed by atoms with Gasteiger partial charge in [-0.25, -0.2) is 0 Å². The highest BCUT2D eigenvalue weighted by molar-refractivity contribution is 7.99. The summed E-state index contributed by atoms with van der Waals surface area (Å²) in [4.78, 5) is 24.8. The van der Waals surface area contributed by atoms with E-state index in [0.717, 1.165) is 11.3 Å². The molecule has 0 aliphatic carbocycles. The predicted molar refractivity (Wildman–Crippen MR) is 124 cm³/mol. The molecule has 0 fully saturated rings. The number of allylic oxidation sites excluding steroid dienone is 1. The van der Waals surface area contributed by atoms with E-state index in [1.807, 2.05) is 35.8 Å². The molecule has 2 aliphatic heterocycles. The molecule has 33 heavy (non-hydrogen) atoms. The molecule has 3 aromatic rings. The molecule has 2 aliphatic rings. The first kappa shape index (κ1) is 21.3. The van der Waals surface area contributed by atoms with Crippen molar-refractivity contribution in [3.8, 4) is 11.5 Å². The van der Waals surface area contributed by atoms with Crippen LogP contribution >= 0.6 is 11.8 Å². The molecule has 1 N–H and O–H groups in total. The molecule has 2 aromatic carbocycles. The van der Waals surface area contributed by atoms with Gasteiger partial charge in [0.05, 0.1) is 11.7 Å². The monoisotopic (exact) mass is 462 g/mol. The lowest BCUT2D eigenvalue weighted by molar-refractivity contribution is -0.116. The van der Waals surface area contributed by atoms with E-state index in [4.69, 9.17) is 9.47 Å². The Morgan fingerprint density at radius 1 is 1.27 bits per heavy atom. The number of para-hydroxylation sites is 2. The van der Waals surface area contributed by atoms with Crippen LogP contribution in [0.3, 0.4) is 0 Å². The molecule has 1 amide bonds. The summed E-state index contributed by atoms with van der Waals surface area (Å²) in [5.41, 5.74) is 2.19. The summed E-state index contributed by atoms with van der Waals surface area (Å²) in [5, 5.41) is 12.1. The smallest absolute Gasteiger partial charge is 0.231 e. The molecule has 0 saturated heterocycles. The maximum absolute atomic E-state index is 12.9. The van der Waals surface area contributed by atoms with E-state index < -0.39 is 6.10 Å². The quantitative estimate of drug-likeness (QED) is 0.322. The molecule has 1 aromatic heterocycles. The highest BCUT2D eigenvalue weighted by Gasteiger charge is 2.29. The van der Waals surface area contributed by atoms with Crippen LogP contribution in [-0.4, -0.2) is 38.8 Å². The average Bonchev–Trinajstić information content (AvgIpc) is 3.37. The molecule has 0 saturated carbocycles. The summed E-state index contributed by atoms with van der Waals surface area (Å²) in [7, 11) is 0. The van der Waals surface area contributed by atoms with Crippen molar-refractivity contribution in [1.82, 2.24) is 14.8 Å². The number of fused-ring (bicyclic) bond motifs is 2. The SMILES string of the molecule is C=CCn1c(SCC(=O)c2ccc3c(c2)[C@H](C)C(=O)N3)nnc1[C@@H]1COc2ccccc2O1. The first-order valence-corrected chi connectivity index (χ1v) is 11.6. The molecular formula is C24H22N4O4S. The number of hydrogen-bond donors (Lipinski definition) is 1.